The van der Waals surface area contributed by atoms with Crippen molar-refractivity contribution in [3.63, 3.8) is 0 Å². The van der Waals surface area contributed by atoms with E-state index in [1.807, 2.05) is 54.6 Å². The van der Waals surface area contributed by atoms with Gasteiger partial charge in [-0.25, -0.2) is 4.98 Å². The summed E-state index contributed by atoms with van der Waals surface area (Å²) < 4.78 is 0. The van der Waals surface area contributed by atoms with Gasteiger partial charge in [-0.05, 0) is 35.2 Å². The number of anilines is 1. The van der Waals surface area contributed by atoms with Gasteiger partial charge in [-0.15, -0.1) is 0 Å². The van der Waals surface area contributed by atoms with Gasteiger partial charge < -0.3 is 15.3 Å². The molecule has 0 saturated heterocycles. The molecule has 0 atom stereocenters. The largest absolute Gasteiger partial charge is 0.338 e. The van der Waals surface area contributed by atoms with Crippen LogP contribution in [0.15, 0.2) is 65.6 Å². The Hall–Kier alpha value is -3.67. The number of hydrogen-bond acceptors (Lipinski definition) is 3. The van der Waals surface area contributed by atoms with Crippen LogP contribution in [0.4, 0.5) is 5.69 Å². The topological polar surface area (TPSA) is 90.6 Å². The molecular weight excluding hydrogens is 328 g/mol. The fourth-order valence-corrected chi connectivity index (χ4v) is 2.86. The summed E-state index contributed by atoms with van der Waals surface area (Å²) in [5, 5.41) is 3.67. The second kappa shape index (κ2) is 6.33. The summed E-state index contributed by atoms with van der Waals surface area (Å²) in [5.74, 6) is 0.398. The first-order valence-corrected chi connectivity index (χ1v) is 8.15. The predicted molar refractivity (Wildman–Crippen MR) is 102 cm³/mol. The van der Waals surface area contributed by atoms with Crippen LogP contribution in [0.2, 0.25) is 0 Å². The van der Waals surface area contributed by atoms with Gasteiger partial charge in [0.15, 0.2) is 0 Å². The van der Waals surface area contributed by atoms with E-state index in [-0.39, 0.29) is 11.5 Å². The number of para-hydroxylation sites is 1. The Labute approximate surface area is 148 Å². The van der Waals surface area contributed by atoms with Crippen molar-refractivity contribution >= 4 is 22.5 Å². The fraction of sp³-hybridized carbons (Fsp3) is 0.0500. The van der Waals surface area contributed by atoms with Gasteiger partial charge in [0.25, 0.3) is 5.56 Å². The van der Waals surface area contributed by atoms with Crippen LogP contribution < -0.4 is 10.9 Å². The first kappa shape index (κ1) is 15.8. The Morgan fingerprint density at radius 1 is 1.04 bits per heavy atom. The van der Waals surface area contributed by atoms with E-state index >= 15 is 0 Å². The van der Waals surface area contributed by atoms with E-state index in [4.69, 9.17) is 0 Å². The average molecular weight is 344 g/mol. The number of amides is 1. The molecule has 0 spiro atoms. The molecule has 3 N–H and O–H groups in total. The van der Waals surface area contributed by atoms with Crippen molar-refractivity contribution in [1.29, 1.82) is 0 Å². The fourth-order valence-electron chi connectivity index (χ4n) is 2.86. The monoisotopic (exact) mass is 344 g/mol. The molecule has 0 unspecified atom stereocenters. The lowest BCUT2D eigenvalue weighted by Gasteiger charge is -2.03. The number of carbonyl (C=O) groups is 1. The second-order valence-electron chi connectivity index (χ2n) is 6.00. The number of pyridine rings is 1. The first-order chi connectivity index (χ1) is 12.6. The van der Waals surface area contributed by atoms with Crippen LogP contribution in [0, 0.1) is 0 Å². The normalized spacial score (nSPS) is 10.8. The molecule has 0 saturated carbocycles. The number of aromatic amines is 2. The number of nitrogens with zero attached hydrogens (tertiary/aromatic N) is 1. The molecule has 6 heteroatoms. The van der Waals surface area contributed by atoms with Crippen molar-refractivity contribution in [1.82, 2.24) is 15.0 Å². The Balaban J connectivity index is 1.69. The van der Waals surface area contributed by atoms with Crippen molar-refractivity contribution in [2.45, 2.75) is 6.92 Å². The molecule has 1 amide bonds. The third kappa shape index (κ3) is 3.00. The van der Waals surface area contributed by atoms with Crippen molar-refractivity contribution < 1.29 is 4.79 Å². The Bertz CT molecular complexity index is 1160. The van der Waals surface area contributed by atoms with Crippen LogP contribution in [0.5, 0.6) is 0 Å². The van der Waals surface area contributed by atoms with E-state index in [0.29, 0.717) is 11.4 Å². The Kier molecular flexibility index (Phi) is 3.85. The zero-order valence-corrected chi connectivity index (χ0v) is 14.0. The maximum Gasteiger partial charge on any atom is 0.259 e. The summed E-state index contributed by atoms with van der Waals surface area (Å²) in [7, 11) is 0. The summed E-state index contributed by atoms with van der Waals surface area (Å²) in [5.41, 5.74) is 3.53. The highest BCUT2D eigenvalue weighted by molar-refractivity contribution is 5.89. The molecule has 0 aliphatic carbocycles. The summed E-state index contributed by atoms with van der Waals surface area (Å²) >= 11 is 0. The molecule has 4 rings (SSSR count). The van der Waals surface area contributed by atoms with Crippen molar-refractivity contribution in [3.8, 4) is 22.6 Å². The van der Waals surface area contributed by atoms with Crippen molar-refractivity contribution in [2.24, 2.45) is 0 Å². The van der Waals surface area contributed by atoms with E-state index in [2.05, 4.69) is 20.3 Å². The van der Waals surface area contributed by atoms with Crippen molar-refractivity contribution in [3.05, 3.63) is 71.1 Å². The standard InChI is InChI=1S/C20H16N4O2/c1-12(25)22-15-8-6-13(7-9-15)18-11-21-19(23-18)16-10-14-4-2-3-5-17(14)24-20(16)26/h2-11H,1H3,(H,21,23)(H,22,25)(H,24,26). The molecule has 2 heterocycles. The zero-order chi connectivity index (χ0) is 18.1. The lowest BCUT2D eigenvalue weighted by Crippen LogP contribution is -2.09. The van der Waals surface area contributed by atoms with Crippen LogP contribution in [0.1, 0.15) is 6.92 Å². The number of fused-ring (bicyclic) bond motifs is 1. The molecule has 0 radical (unpaired) electrons. The quantitative estimate of drug-likeness (QED) is 0.531. The van der Waals surface area contributed by atoms with Crippen LogP contribution in [-0.2, 0) is 4.79 Å². The van der Waals surface area contributed by atoms with E-state index in [0.717, 1.165) is 27.8 Å². The molecule has 26 heavy (non-hydrogen) atoms. The SMILES string of the molecule is CC(=O)Nc1ccc(-c2cnc(-c3cc4ccccc4[nH]c3=O)[nH]2)cc1. The van der Waals surface area contributed by atoms with E-state index in [1.54, 1.807) is 6.20 Å². The third-order valence-electron chi connectivity index (χ3n) is 4.10. The number of rotatable bonds is 3. The summed E-state index contributed by atoms with van der Waals surface area (Å²) in [6.07, 6.45) is 1.69. The Morgan fingerprint density at radius 2 is 1.81 bits per heavy atom. The average Bonchev–Trinajstić information content (AvgIpc) is 3.11. The van der Waals surface area contributed by atoms with Crippen LogP contribution in [0.25, 0.3) is 33.5 Å². The second-order valence-corrected chi connectivity index (χ2v) is 6.00. The van der Waals surface area contributed by atoms with E-state index in [1.165, 1.54) is 6.92 Å². The van der Waals surface area contributed by atoms with Gasteiger partial charge >= 0.3 is 0 Å². The van der Waals surface area contributed by atoms with Crippen LogP contribution >= 0.6 is 0 Å². The highest BCUT2D eigenvalue weighted by Crippen LogP contribution is 2.23. The Morgan fingerprint density at radius 3 is 2.58 bits per heavy atom. The van der Waals surface area contributed by atoms with E-state index in [9.17, 15) is 9.59 Å². The van der Waals surface area contributed by atoms with Gasteiger partial charge in [-0.1, -0.05) is 30.3 Å². The number of aromatic nitrogens is 3. The highest BCUT2D eigenvalue weighted by atomic mass is 16.1. The molecule has 0 fully saturated rings. The molecule has 0 aliphatic heterocycles. The number of nitrogens with one attached hydrogen (secondary N) is 3. The number of hydrogen-bond donors (Lipinski definition) is 3. The highest BCUT2D eigenvalue weighted by Gasteiger charge is 2.10. The minimum atomic E-state index is -0.189. The molecule has 0 aliphatic rings. The minimum absolute atomic E-state index is 0.114. The maximum absolute atomic E-state index is 12.4. The predicted octanol–water partition coefficient (Wildman–Crippen LogP) is 3.54. The van der Waals surface area contributed by atoms with Gasteiger partial charge in [0.1, 0.15) is 5.82 Å². The van der Waals surface area contributed by atoms with Gasteiger partial charge in [-0.2, -0.15) is 0 Å². The number of carbonyl (C=O) groups excluding carboxylic acids is 1. The number of imidazole rings is 1. The molecule has 0 bridgehead atoms. The molecule has 2 aromatic carbocycles. The summed E-state index contributed by atoms with van der Waals surface area (Å²) in [6, 6.07) is 16.9. The van der Waals surface area contributed by atoms with Gasteiger partial charge in [0, 0.05) is 18.1 Å². The smallest absolute Gasteiger partial charge is 0.259 e. The third-order valence-corrected chi connectivity index (χ3v) is 4.10. The van der Waals surface area contributed by atoms with Crippen LogP contribution in [0.3, 0.4) is 0 Å². The lowest BCUT2D eigenvalue weighted by atomic mass is 10.1. The van der Waals surface area contributed by atoms with Gasteiger partial charge in [-0.3, -0.25) is 9.59 Å². The zero-order valence-electron chi connectivity index (χ0n) is 14.0. The molecule has 128 valence electrons. The molecule has 4 aromatic rings. The van der Waals surface area contributed by atoms with Gasteiger partial charge in [0.05, 0.1) is 17.5 Å². The minimum Gasteiger partial charge on any atom is -0.338 e. The summed E-state index contributed by atoms with van der Waals surface area (Å²) in [4.78, 5) is 33.9. The van der Waals surface area contributed by atoms with Crippen LogP contribution in [-0.4, -0.2) is 20.9 Å². The van der Waals surface area contributed by atoms with Gasteiger partial charge in [0.2, 0.25) is 5.91 Å². The lowest BCUT2D eigenvalue weighted by molar-refractivity contribution is -0.114. The molecular formula is C20H16N4O2. The molecule has 6 nitrogen and oxygen atoms in total. The molecule has 2 aromatic heterocycles. The summed E-state index contributed by atoms with van der Waals surface area (Å²) in [6.45, 7) is 1.47. The number of benzene rings is 2. The van der Waals surface area contributed by atoms with E-state index < -0.39 is 0 Å². The van der Waals surface area contributed by atoms with Crippen molar-refractivity contribution in [2.75, 3.05) is 5.32 Å². The first-order valence-electron chi connectivity index (χ1n) is 8.15. The maximum atomic E-state index is 12.4. The number of H-pyrrole nitrogens is 2.